The average Bonchev–Trinajstić information content (AvgIpc) is 2.82. The van der Waals surface area contributed by atoms with Crippen LogP contribution in [-0.4, -0.2) is 5.91 Å². The smallest absolute Gasteiger partial charge is 0.252 e. The molecular weight excluding hydrogens is 271 g/mol. The fourth-order valence-electron chi connectivity index (χ4n) is 1.72. The van der Waals surface area contributed by atoms with Crippen LogP contribution < -0.4 is 5.32 Å². The first-order chi connectivity index (χ1) is 9.38. The first-order valence-corrected chi connectivity index (χ1v) is 5.90. The second-order valence-corrected chi connectivity index (χ2v) is 4.40. The highest BCUT2D eigenvalue weighted by Gasteiger charge is 2.18. The van der Waals surface area contributed by atoms with E-state index in [4.69, 9.17) is 4.42 Å². The van der Waals surface area contributed by atoms with Crippen molar-refractivity contribution < 1.29 is 22.4 Å². The molecule has 1 heterocycles. The van der Waals surface area contributed by atoms with Gasteiger partial charge in [0.1, 0.15) is 11.5 Å². The van der Waals surface area contributed by atoms with Crippen molar-refractivity contribution in [2.45, 2.75) is 19.9 Å². The molecule has 2 aromatic rings. The van der Waals surface area contributed by atoms with Gasteiger partial charge in [-0.3, -0.25) is 4.79 Å². The molecule has 3 nitrogen and oxygen atoms in total. The second kappa shape index (κ2) is 5.40. The second-order valence-electron chi connectivity index (χ2n) is 4.40. The third-order valence-corrected chi connectivity index (χ3v) is 2.78. The average molecular weight is 283 g/mol. The van der Waals surface area contributed by atoms with Crippen LogP contribution in [0.4, 0.5) is 13.2 Å². The van der Waals surface area contributed by atoms with E-state index in [0.29, 0.717) is 23.7 Å². The molecule has 20 heavy (non-hydrogen) atoms. The molecule has 2 rings (SSSR count). The van der Waals surface area contributed by atoms with E-state index in [1.165, 1.54) is 0 Å². The lowest BCUT2D eigenvalue weighted by Crippen LogP contribution is -2.26. The van der Waals surface area contributed by atoms with E-state index in [1.807, 2.05) is 0 Å². The molecule has 1 amide bonds. The van der Waals surface area contributed by atoms with Gasteiger partial charge >= 0.3 is 0 Å². The van der Waals surface area contributed by atoms with E-state index in [1.54, 1.807) is 26.0 Å². The van der Waals surface area contributed by atoms with Crippen molar-refractivity contribution in [3.63, 3.8) is 0 Å². The van der Waals surface area contributed by atoms with E-state index >= 15 is 0 Å². The minimum atomic E-state index is -1.60. The van der Waals surface area contributed by atoms with Crippen molar-refractivity contribution in [3.05, 3.63) is 58.8 Å². The zero-order chi connectivity index (χ0) is 14.9. The van der Waals surface area contributed by atoms with E-state index < -0.39 is 29.4 Å². The predicted octanol–water partition coefficient (Wildman–Crippen LogP) is 3.50. The van der Waals surface area contributed by atoms with E-state index in [0.717, 1.165) is 0 Å². The Morgan fingerprint density at radius 1 is 1.20 bits per heavy atom. The van der Waals surface area contributed by atoms with Gasteiger partial charge in [0.2, 0.25) is 0 Å². The Labute approximate surface area is 113 Å². The van der Waals surface area contributed by atoms with Crippen molar-refractivity contribution >= 4 is 5.91 Å². The summed E-state index contributed by atoms with van der Waals surface area (Å²) in [5.41, 5.74) is -0.295. The predicted molar refractivity (Wildman–Crippen MR) is 65.6 cm³/mol. The minimum absolute atomic E-state index is 0.295. The van der Waals surface area contributed by atoms with Gasteiger partial charge in [0.25, 0.3) is 5.91 Å². The number of benzene rings is 1. The van der Waals surface area contributed by atoms with Gasteiger partial charge in [-0.2, -0.15) is 0 Å². The summed E-state index contributed by atoms with van der Waals surface area (Å²) in [7, 11) is 0. The number of hydrogen-bond donors (Lipinski definition) is 1. The maximum absolute atomic E-state index is 13.1. The summed E-state index contributed by atoms with van der Waals surface area (Å²) in [6.07, 6.45) is 0. The third kappa shape index (κ3) is 2.84. The zero-order valence-electron chi connectivity index (χ0n) is 10.8. The number of carbonyl (C=O) groups is 1. The van der Waals surface area contributed by atoms with Gasteiger partial charge in [0.15, 0.2) is 17.5 Å². The monoisotopic (exact) mass is 283 g/mol. The van der Waals surface area contributed by atoms with E-state index in [-0.39, 0.29) is 5.56 Å². The Morgan fingerprint density at radius 2 is 1.80 bits per heavy atom. The van der Waals surface area contributed by atoms with Gasteiger partial charge < -0.3 is 9.73 Å². The number of carbonyl (C=O) groups excluding carboxylic acids is 1. The SMILES string of the molecule is Cc1ccc(C(C)NC(=O)c2cc(F)c(F)c(F)c2)o1. The van der Waals surface area contributed by atoms with Crippen LogP contribution in [0.25, 0.3) is 0 Å². The number of rotatable bonds is 3. The van der Waals surface area contributed by atoms with Crippen LogP contribution in [0.3, 0.4) is 0 Å². The molecule has 0 spiro atoms. The molecule has 1 N–H and O–H groups in total. The molecule has 0 saturated heterocycles. The van der Waals surface area contributed by atoms with Gasteiger partial charge in [-0.15, -0.1) is 0 Å². The molecule has 1 aromatic heterocycles. The van der Waals surface area contributed by atoms with Gasteiger partial charge in [-0.25, -0.2) is 13.2 Å². The van der Waals surface area contributed by atoms with Gasteiger partial charge in [-0.1, -0.05) is 0 Å². The molecule has 106 valence electrons. The summed E-state index contributed by atoms with van der Waals surface area (Å²) < 4.78 is 44.2. The molecule has 0 saturated carbocycles. The lowest BCUT2D eigenvalue weighted by atomic mass is 10.1. The van der Waals surface area contributed by atoms with Gasteiger partial charge in [0.05, 0.1) is 6.04 Å². The molecule has 1 unspecified atom stereocenters. The largest absolute Gasteiger partial charge is 0.464 e. The van der Waals surface area contributed by atoms with Crippen LogP contribution in [0.1, 0.15) is 34.8 Å². The van der Waals surface area contributed by atoms with Crippen LogP contribution in [0, 0.1) is 24.4 Å². The number of aryl methyl sites for hydroxylation is 1. The van der Waals surface area contributed by atoms with Crippen LogP contribution in [0.15, 0.2) is 28.7 Å². The minimum Gasteiger partial charge on any atom is -0.464 e. The third-order valence-electron chi connectivity index (χ3n) is 2.78. The van der Waals surface area contributed by atoms with Crippen LogP contribution in [0.5, 0.6) is 0 Å². The number of amides is 1. The Kier molecular flexibility index (Phi) is 3.83. The molecule has 0 radical (unpaired) electrons. The number of furan rings is 1. The number of nitrogens with one attached hydrogen (secondary N) is 1. The lowest BCUT2D eigenvalue weighted by molar-refractivity contribution is 0.0934. The van der Waals surface area contributed by atoms with Crippen LogP contribution in [-0.2, 0) is 0 Å². The van der Waals surface area contributed by atoms with Crippen molar-refractivity contribution in [2.24, 2.45) is 0 Å². The topological polar surface area (TPSA) is 42.2 Å². The summed E-state index contributed by atoms with van der Waals surface area (Å²) in [6, 6.07) is 4.23. The lowest BCUT2D eigenvalue weighted by Gasteiger charge is -2.11. The molecule has 1 aromatic carbocycles. The van der Waals surface area contributed by atoms with Crippen LogP contribution in [0.2, 0.25) is 0 Å². The Balaban J connectivity index is 2.16. The van der Waals surface area contributed by atoms with Crippen molar-refractivity contribution in [1.29, 1.82) is 0 Å². The highest BCUT2D eigenvalue weighted by molar-refractivity contribution is 5.94. The first-order valence-electron chi connectivity index (χ1n) is 5.90. The molecule has 0 fully saturated rings. The van der Waals surface area contributed by atoms with Crippen molar-refractivity contribution in [1.82, 2.24) is 5.32 Å². The number of halogens is 3. The van der Waals surface area contributed by atoms with Crippen molar-refractivity contribution in [2.75, 3.05) is 0 Å². The highest BCUT2D eigenvalue weighted by Crippen LogP contribution is 2.18. The fraction of sp³-hybridized carbons (Fsp3) is 0.214. The Bertz CT molecular complexity index is 629. The van der Waals surface area contributed by atoms with Crippen LogP contribution >= 0.6 is 0 Å². The molecule has 0 aliphatic carbocycles. The fourth-order valence-corrected chi connectivity index (χ4v) is 1.72. The standard InChI is InChI=1S/C14H12F3NO2/c1-7-3-4-12(20-7)8(2)18-14(19)9-5-10(15)13(17)11(16)6-9/h3-6,8H,1-2H3,(H,18,19). The summed E-state index contributed by atoms with van der Waals surface area (Å²) in [5, 5.41) is 2.51. The number of hydrogen-bond acceptors (Lipinski definition) is 2. The Morgan fingerprint density at radius 3 is 2.30 bits per heavy atom. The Hall–Kier alpha value is -2.24. The van der Waals surface area contributed by atoms with Gasteiger partial charge in [0, 0.05) is 5.56 Å². The first kappa shape index (κ1) is 14.2. The van der Waals surface area contributed by atoms with Crippen molar-refractivity contribution in [3.8, 4) is 0 Å². The molecule has 0 aliphatic rings. The molecular formula is C14H12F3NO2. The normalized spacial score (nSPS) is 12.2. The van der Waals surface area contributed by atoms with E-state index in [9.17, 15) is 18.0 Å². The van der Waals surface area contributed by atoms with E-state index in [2.05, 4.69) is 5.32 Å². The maximum Gasteiger partial charge on any atom is 0.252 e. The molecule has 0 aliphatic heterocycles. The van der Waals surface area contributed by atoms with Gasteiger partial charge in [-0.05, 0) is 38.1 Å². The summed E-state index contributed by atoms with van der Waals surface area (Å²) >= 11 is 0. The highest BCUT2D eigenvalue weighted by atomic mass is 19.2. The summed E-state index contributed by atoms with van der Waals surface area (Å²) in [6.45, 7) is 3.41. The summed E-state index contributed by atoms with van der Waals surface area (Å²) in [4.78, 5) is 11.8. The quantitative estimate of drug-likeness (QED) is 0.876. The maximum atomic E-state index is 13.1. The molecule has 0 bridgehead atoms. The molecule has 1 atom stereocenters. The summed E-state index contributed by atoms with van der Waals surface area (Å²) in [5.74, 6) is -3.94. The zero-order valence-corrected chi connectivity index (χ0v) is 10.8. The molecule has 6 heteroatoms.